The van der Waals surface area contributed by atoms with E-state index >= 15 is 0 Å². The van der Waals surface area contributed by atoms with Crippen molar-refractivity contribution in [2.75, 3.05) is 9.80 Å². The third-order valence-corrected chi connectivity index (χ3v) is 15.9. The molecule has 0 saturated heterocycles. The van der Waals surface area contributed by atoms with Gasteiger partial charge in [0.2, 0.25) is 0 Å². The normalized spacial score (nSPS) is 17.0. The highest BCUT2D eigenvalue weighted by molar-refractivity contribution is 7.33. The summed E-state index contributed by atoms with van der Waals surface area (Å²) in [5, 5.41) is 1.39. The molecule has 2 aliphatic heterocycles. The van der Waals surface area contributed by atoms with Crippen molar-refractivity contribution in [3.63, 3.8) is 0 Å². The van der Waals surface area contributed by atoms with E-state index in [-0.39, 0.29) is 39.2 Å². The molecule has 2 nitrogen and oxygen atoms in total. The van der Waals surface area contributed by atoms with E-state index in [2.05, 4.69) is 224 Å². The SMILES string of the molecule is Cc1cc(C(C)(C)C)ccc1N1c2cc(C(C)(C)C)cc3c2B(c2cc(C(C)(C)C)ccc2N3c2ccc(C(C)(C)C)cc2)c2sc3cc4c(cc3c21)C(C)(C)CCC4(C)C. The predicted octanol–water partition coefficient (Wildman–Crippen LogP) is 14.8. The van der Waals surface area contributed by atoms with Gasteiger partial charge in [-0.2, -0.15) is 0 Å². The minimum atomic E-state index is -0.0817. The number of anilines is 6. The number of hydrogen-bond acceptors (Lipinski definition) is 3. The van der Waals surface area contributed by atoms with Crippen LogP contribution in [-0.4, -0.2) is 6.71 Å². The molecule has 0 saturated carbocycles. The molecule has 0 amide bonds. The van der Waals surface area contributed by atoms with Gasteiger partial charge in [0, 0.05) is 43.3 Å². The number of thiophene rings is 1. The highest BCUT2D eigenvalue weighted by Crippen LogP contribution is 2.53. The molecule has 0 unspecified atom stereocenters. The van der Waals surface area contributed by atoms with Crippen molar-refractivity contribution in [1.82, 2.24) is 0 Å². The zero-order chi connectivity index (χ0) is 44.1. The standard InChI is InChI=1S/C57H69BN2S/c1-34-28-36(53(5,6)7)20-24-44(34)60-47-31-38(55(11,12)13)30-46-49(47)58(51-50(60)40-32-41-42(33-48(40)61-51)57(16,17)27-26-56(41,14)15)43-29-37(54(8,9)10)21-25-45(43)59(46)39-22-18-35(19-23-39)52(2,3)4/h18-25,28-33H,26-27H2,1-17H3. The van der Waals surface area contributed by atoms with Crippen LogP contribution in [0.3, 0.4) is 0 Å². The van der Waals surface area contributed by atoms with Crippen LogP contribution in [0.5, 0.6) is 0 Å². The number of nitrogens with zero attached hydrogens (tertiary/aromatic N) is 2. The summed E-state index contributed by atoms with van der Waals surface area (Å²) in [5.74, 6) is 0. The van der Waals surface area contributed by atoms with Gasteiger partial charge in [0.25, 0.3) is 6.71 Å². The lowest BCUT2D eigenvalue weighted by atomic mass is 9.36. The average molecular weight is 825 g/mol. The highest BCUT2D eigenvalue weighted by atomic mass is 32.1. The molecule has 316 valence electrons. The van der Waals surface area contributed by atoms with Gasteiger partial charge in [0.05, 0.1) is 5.69 Å². The molecule has 1 aliphatic carbocycles. The molecule has 0 spiro atoms. The minimum Gasteiger partial charge on any atom is -0.311 e. The van der Waals surface area contributed by atoms with E-state index < -0.39 is 0 Å². The smallest absolute Gasteiger partial charge is 0.264 e. The minimum absolute atomic E-state index is 0.000750. The van der Waals surface area contributed by atoms with E-state index in [9.17, 15) is 0 Å². The van der Waals surface area contributed by atoms with Gasteiger partial charge >= 0.3 is 0 Å². The van der Waals surface area contributed by atoms with Gasteiger partial charge in [-0.25, -0.2) is 0 Å². The van der Waals surface area contributed by atoms with Gasteiger partial charge in [-0.05, 0) is 151 Å². The van der Waals surface area contributed by atoms with Gasteiger partial charge < -0.3 is 9.80 Å². The van der Waals surface area contributed by atoms with E-state index in [0.29, 0.717) is 0 Å². The van der Waals surface area contributed by atoms with Crippen LogP contribution in [0.2, 0.25) is 0 Å². The molecule has 0 N–H and O–H groups in total. The van der Waals surface area contributed by atoms with Crippen molar-refractivity contribution in [3.8, 4) is 0 Å². The fraction of sp³-hybridized carbons (Fsp3) is 0.439. The van der Waals surface area contributed by atoms with Gasteiger partial charge in [-0.1, -0.05) is 147 Å². The molecular weight excluding hydrogens is 756 g/mol. The summed E-state index contributed by atoms with van der Waals surface area (Å²) in [6.45, 7) is 40.5. The van der Waals surface area contributed by atoms with Crippen LogP contribution in [0.4, 0.5) is 34.1 Å². The fourth-order valence-corrected chi connectivity index (χ4v) is 11.8. The van der Waals surface area contributed by atoms with Crippen LogP contribution < -0.4 is 25.5 Å². The zero-order valence-electron chi connectivity index (χ0n) is 40.4. The molecule has 0 radical (unpaired) electrons. The van der Waals surface area contributed by atoms with Crippen molar-refractivity contribution < 1.29 is 0 Å². The van der Waals surface area contributed by atoms with Crippen LogP contribution in [0, 0.1) is 6.92 Å². The van der Waals surface area contributed by atoms with E-state index in [1.54, 1.807) is 0 Å². The number of fused-ring (bicyclic) bond motifs is 7. The van der Waals surface area contributed by atoms with Crippen LogP contribution in [0.15, 0.2) is 84.9 Å². The summed E-state index contributed by atoms with van der Waals surface area (Å²) in [4.78, 5) is 5.32. The van der Waals surface area contributed by atoms with Gasteiger partial charge in [0.15, 0.2) is 0 Å². The lowest BCUT2D eigenvalue weighted by molar-refractivity contribution is 0.332. The summed E-state index contributed by atoms with van der Waals surface area (Å²) in [6.07, 6.45) is 2.40. The second-order valence-corrected chi connectivity index (χ2v) is 25.4. The van der Waals surface area contributed by atoms with E-state index in [0.717, 1.165) is 0 Å². The third-order valence-electron chi connectivity index (χ3n) is 14.7. The summed E-state index contributed by atoms with van der Waals surface area (Å²) in [7, 11) is 0. The van der Waals surface area contributed by atoms with Crippen LogP contribution in [0.25, 0.3) is 10.1 Å². The number of hydrogen-bond donors (Lipinski definition) is 0. The molecule has 6 aromatic rings. The van der Waals surface area contributed by atoms with Gasteiger partial charge in [-0.3, -0.25) is 0 Å². The molecule has 1 aromatic heterocycles. The summed E-state index contributed by atoms with van der Waals surface area (Å²) >= 11 is 2.05. The molecular formula is C57H69BN2S. The highest BCUT2D eigenvalue weighted by Gasteiger charge is 2.47. The van der Waals surface area contributed by atoms with Crippen molar-refractivity contribution in [3.05, 3.63) is 124 Å². The Kier molecular flexibility index (Phi) is 9.22. The quantitative estimate of drug-likeness (QED) is 0.160. The maximum atomic E-state index is 2.72. The first kappa shape index (κ1) is 42.0. The number of aryl methyl sites for hydroxylation is 1. The Bertz CT molecular complexity index is 2750. The Morgan fingerprint density at radius 1 is 0.508 bits per heavy atom. The summed E-state index contributed by atoms with van der Waals surface area (Å²) < 4.78 is 2.86. The summed E-state index contributed by atoms with van der Waals surface area (Å²) in [6, 6.07) is 34.5. The Balaban J connectivity index is 1.44. The second-order valence-electron chi connectivity index (χ2n) is 24.3. The van der Waals surface area contributed by atoms with Crippen LogP contribution in [0.1, 0.15) is 163 Å². The second kappa shape index (κ2) is 13.4. The van der Waals surface area contributed by atoms with Crippen molar-refractivity contribution >= 4 is 78.0 Å². The van der Waals surface area contributed by atoms with E-state index in [1.807, 2.05) is 0 Å². The molecule has 3 aliphatic rings. The molecule has 0 atom stereocenters. The molecule has 4 heteroatoms. The molecule has 5 aromatic carbocycles. The van der Waals surface area contributed by atoms with E-state index in [4.69, 9.17) is 0 Å². The molecule has 9 rings (SSSR count). The maximum Gasteiger partial charge on any atom is 0.264 e. The molecule has 0 fully saturated rings. The van der Waals surface area contributed by atoms with Crippen LogP contribution in [-0.2, 0) is 32.5 Å². The fourth-order valence-electron chi connectivity index (χ4n) is 10.5. The Hall–Kier alpha value is -4.28. The lowest BCUT2D eigenvalue weighted by Crippen LogP contribution is -2.60. The Morgan fingerprint density at radius 3 is 1.54 bits per heavy atom. The third kappa shape index (κ3) is 6.72. The maximum absolute atomic E-state index is 2.72. The largest absolute Gasteiger partial charge is 0.311 e. The Labute approximate surface area is 372 Å². The molecule has 61 heavy (non-hydrogen) atoms. The monoisotopic (exact) mass is 825 g/mol. The average Bonchev–Trinajstić information content (AvgIpc) is 3.53. The van der Waals surface area contributed by atoms with Crippen molar-refractivity contribution in [1.29, 1.82) is 0 Å². The Morgan fingerprint density at radius 2 is 1.00 bits per heavy atom. The van der Waals surface area contributed by atoms with Crippen molar-refractivity contribution in [2.45, 2.75) is 163 Å². The van der Waals surface area contributed by atoms with Gasteiger partial charge in [0.1, 0.15) is 0 Å². The lowest BCUT2D eigenvalue weighted by Gasteiger charge is -2.45. The number of rotatable bonds is 2. The van der Waals surface area contributed by atoms with Crippen LogP contribution >= 0.6 is 11.3 Å². The van der Waals surface area contributed by atoms with Crippen molar-refractivity contribution in [2.24, 2.45) is 0 Å². The first-order valence-corrected chi connectivity index (χ1v) is 23.7. The topological polar surface area (TPSA) is 6.48 Å². The summed E-state index contributed by atoms with van der Waals surface area (Å²) in [5.41, 5.74) is 20.7. The first-order valence-electron chi connectivity index (χ1n) is 22.9. The number of benzene rings is 5. The predicted molar refractivity (Wildman–Crippen MR) is 271 cm³/mol. The molecule has 3 heterocycles. The van der Waals surface area contributed by atoms with E-state index in [1.165, 1.54) is 112 Å². The molecule has 0 bridgehead atoms. The van der Waals surface area contributed by atoms with Gasteiger partial charge in [-0.15, -0.1) is 11.3 Å². The first-order chi connectivity index (χ1) is 28.2. The zero-order valence-corrected chi connectivity index (χ0v) is 41.2.